The summed E-state index contributed by atoms with van der Waals surface area (Å²) in [5.41, 5.74) is 2.22. The second-order valence-electron chi connectivity index (χ2n) is 8.57. The van der Waals surface area contributed by atoms with Gasteiger partial charge in [-0.25, -0.2) is 4.79 Å². The van der Waals surface area contributed by atoms with Gasteiger partial charge in [0.2, 0.25) is 5.91 Å². The van der Waals surface area contributed by atoms with Gasteiger partial charge >= 0.3 is 12.0 Å². The zero-order valence-corrected chi connectivity index (χ0v) is 16.5. The van der Waals surface area contributed by atoms with Crippen LogP contribution in [0.1, 0.15) is 38.5 Å². The molecular weight excluding hydrogens is 372 g/mol. The first kappa shape index (κ1) is 19.7. The molecule has 156 valence electrons. The van der Waals surface area contributed by atoms with Crippen molar-refractivity contribution in [1.29, 1.82) is 0 Å². The number of carbonyl (C=O) groups is 3. The predicted octanol–water partition coefficient (Wildman–Crippen LogP) is 2.26. The quantitative estimate of drug-likeness (QED) is 0.677. The molecule has 1 aromatic rings. The summed E-state index contributed by atoms with van der Waals surface area (Å²) in [7, 11) is 0. The Bertz CT molecular complexity index is 778. The van der Waals surface area contributed by atoms with Crippen molar-refractivity contribution in [2.24, 2.45) is 5.41 Å². The van der Waals surface area contributed by atoms with E-state index in [4.69, 9.17) is 5.11 Å². The van der Waals surface area contributed by atoms with Gasteiger partial charge in [0.05, 0.1) is 6.42 Å². The summed E-state index contributed by atoms with van der Waals surface area (Å²) in [6, 6.07) is 7.87. The smallest absolute Gasteiger partial charge is 0.328 e. The molecule has 0 aromatic heterocycles. The molecule has 2 heterocycles. The van der Waals surface area contributed by atoms with Gasteiger partial charge in [-0.1, -0.05) is 0 Å². The van der Waals surface area contributed by atoms with Crippen LogP contribution in [0.25, 0.3) is 0 Å². The number of carboxylic acid groups (broad SMARTS) is 1. The Labute approximate surface area is 170 Å². The molecule has 29 heavy (non-hydrogen) atoms. The number of nitrogens with zero attached hydrogens (tertiary/aromatic N) is 2. The molecule has 0 unspecified atom stereocenters. The van der Waals surface area contributed by atoms with Crippen LogP contribution in [0.5, 0.6) is 0 Å². The van der Waals surface area contributed by atoms with Crippen molar-refractivity contribution >= 4 is 29.3 Å². The Morgan fingerprint density at radius 2 is 1.86 bits per heavy atom. The lowest BCUT2D eigenvalue weighted by molar-refractivity contribution is -0.138. The van der Waals surface area contributed by atoms with Crippen LogP contribution in [0.15, 0.2) is 24.3 Å². The van der Waals surface area contributed by atoms with E-state index in [1.807, 2.05) is 24.3 Å². The number of benzene rings is 1. The molecule has 2 aliphatic heterocycles. The standard InChI is InChI=1S/C21H28N4O4/c26-18-7-12-25(20(29)23-18)17-3-1-15(2-4-17)22-16-5-9-21(10-6-16)13-24(14-21)11-8-19(27)28/h1-4,16,22H,5-14H2,(H,27,28)(H,23,26,29). The van der Waals surface area contributed by atoms with Crippen LogP contribution in [-0.4, -0.2) is 60.1 Å². The zero-order valence-electron chi connectivity index (χ0n) is 16.5. The molecule has 8 heteroatoms. The van der Waals surface area contributed by atoms with Gasteiger partial charge in [-0.05, 0) is 55.4 Å². The average Bonchev–Trinajstić information content (AvgIpc) is 2.67. The second-order valence-corrected chi connectivity index (χ2v) is 8.57. The number of hydrogen-bond donors (Lipinski definition) is 3. The molecule has 0 atom stereocenters. The first-order chi connectivity index (χ1) is 13.9. The number of rotatable bonds is 6. The van der Waals surface area contributed by atoms with E-state index in [0.717, 1.165) is 37.3 Å². The number of anilines is 2. The van der Waals surface area contributed by atoms with Crippen molar-refractivity contribution in [3.63, 3.8) is 0 Å². The fourth-order valence-electron chi connectivity index (χ4n) is 4.79. The molecule has 1 spiro atoms. The van der Waals surface area contributed by atoms with E-state index in [1.54, 1.807) is 4.90 Å². The highest BCUT2D eigenvalue weighted by atomic mass is 16.4. The van der Waals surface area contributed by atoms with E-state index < -0.39 is 5.97 Å². The molecule has 3 amide bonds. The fourth-order valence-corrected chi connectivity index (χ4v) is 4.79. The van der Waals surface area contributed by atoms with Crippen LogP contribution in [0.3, 0.4) is 0 Å². The van der Waals surface area contributed by atoms with Crippen molar-refractivity contribution in [2.45, 2.75) is 44.6 Å². The summed E-state index contributed by atoms with van der Waals surface area (Å²) in [5, 5.41) is 14.7. The third kappa shape index (κ3) is 4.53. The molecule has 0 radical (unpaired) electrons. The lowest BCUT2D eigenvalue weighted by Crippen LogP contribution is -2.58. The summed E-state index contributed by atoms with van der Waals surface area (Å²) in [4.78, 5) is 37.8. The molecule has 0 bridgehead atoms. The highest BCUT2D eigenvalue weighted by Gasteiger charge is 2.44. The van der Waals surface area contributed by atoms with Gasteiger partial charge in [-0.3, -0.25) is 19.8 Å². The largest absolute Gasteiger partial charge is 0.481 e. The van der Waals surface area contributed by atoms with Crippen LogP contribution in [0, 0.1) is 5.41 Å². The van der Waals surface area contributed by atoms with Gasteiger partial charge in [0, 0.05) is 50.0 Å². The normalized spacial score (nSPS) is 22.3. The third-order valence-corrected chi connectivity index (χ3v) is 6.41. The fraction of sp³-hybridized carbons (Fsp3) is 0.571. The van der Waals surface area contributed by atoms with Gasteiger partial charge in [-0.2, -0.15) is 0 Å². The Morgan fingerprint density at radius 1 is 1.17 bits per heavy atom. The molecule has 4 rings (SSSR count). The topological polar surface area (TPSA) is 102 Å². The molecule has 3 aliphatic rings. The SMILES string of the molecule is O=C(O)CCN1CC2(CCC(Nc3ccc(N4CCC(=O)NC4=O)cc3)CC2)C1. The lowest BCUT2D eigenvalue weighted by atomic mass is 9.67. The molecule has 3 fully saturated rings. The predicted molar refractivity (Wildman–Crippen MR) is 109 cm³/mol. The second kappa shape index (κ2) is 8.02. The maximum atomic E-state index is 11.9. The number of aliphatic carboxylic acids is 1. The minimum atomic E-state index is -0.723. The summed E-state index contributed by atoms with van der Waals surface area (Å²) in [6.45, 7) is 3.13. The molecule has 2 saturated heterocycles. The van der Waals surface area contributed by atoms with Gasteiger partial charge < -0.3 is 15.3 Å². The van der Waals surface area contributed by atoms with Crippen LogP contribution in [-0.2, 0) is 9.59 Å². The maximum Gasteiger partial charge on any atom is 0.328 e. The summed E-state index contributed by atoms with van der Waals surface area (Å²) in [6.07, 6.45) is 5.13. The molecule has 1 aliphatic carbocycles. The summed E-state index contributed by atoms with van der Waals surface area (Å²) < 4.78 is 0. The van der Waals surface area contributed by atoms with Gasteiger partial charge in [-0.15, -0.1) is 0 Å². The molecule has 1 saturated carbocycles. The van der Waals surface area contributed by atoms with E-state index in [1.165, 1.54) is 12.8 Å². The highest BCUT2D eigenvalue weighted by Crippen LogP contribution is 2.44. The molecule has 8 nitrogen and oxygen atoms in total. The van der Waals surface area contributed by atoms with Crippen molar-refractivity contribution in [2.75, 3.05) is 36.4 Å². The number of hydrogen-bond acceptors (Lipinski definition) is 5. The number of carboxylic acids is 1. The Morgan fingerprint density at radius 3 is 2.48 bits per heavy atom. The number of likely N-dealkylation sites (tertiary alicyclic amines) is 1. The third-order valence-electron chi connectivity index (χ3n) is 6.41. The Kier molecular flexibility index (Phi) is 5.45. The molecule has 1 aromatic carbocycles. The number of amides is 3. The minimum absolute atomic E-state index is 0.226. The monoisotopic (exact) mass is 400 g/mol. The first-order valence-electron chi connectivity index (χ1n) is 10.3. The number of nitrogens with one attached hydrogen (secondary N) is 2. The maximum absolute atomic E-state index is 11.9. The number of carbonyl (C=O) groups excluding carboxylic acids is 2. The van der Waals surface area contributed by atoms with Gasteiger partial charge in [0.15, 0.2) is 0 Å². The first-order valence-corrected chi connectivity index (χ1v) is 10.3. The minimum Gasteiger partial charge on any atom is -0.481 e. The van der Waals surface area contributed by atoms with Crippen molar-refractivity contribution < 1.29 is 19.5 Å². The van der Waals surface area contributed by atoms with Crippen LogP contribution < -0.4 is 15.5 Å². The molecular formula is C21H28N4O4. The van der Waals surface area contributed by atoms with E-state index in [-0.39, 0.29) is 18.4 Å². The van der Waals surface area contributed by atoms with Crippen LogP contribution >= 0.6 is 0 Å². The van der Waals surface area contributed by atoms with Crippen molar-refractivity contribution in [3.05, 3.63) is 24.3 Å². The Hall–Kier alpha value is -2.61. The van der Waals surface area contributed by atoms with E-state index in [9.17, 15) is 14.4 Å². The van der Waals surface area contributed by atoms with E-state index >= 15 is 0 Å². The number of urea groups is 1. The van der Waals surface area contributed by atoms with Crippen molar-refractivity contribution in [1.82, 2.24) is 10.2 Å². The van der Waals surface area contributed by atoms with E-state index in [2.05, 4.69) is 15.5 Å². The summed E-state index contributed by atoms with van der Waals surface area (Å²) >= 11 is 0. The van der Waals surface area contributed by atoms with Gasteiger partial charge in [0.1, 0.15) is 0 Å². The lowest BCUT2D eigenvalue weighted by Gasteiger charge is -2.53. The molecule has 3 N–H and O–H groups in total. The average molecular weight is 400 g/mol. The van der Waals surface area contributed by atoms with E-state index in [0.29, 0.717) is 31.0 Å². The summed E-state index contributed by atoms with van der Waals surface area (Å²) in [5.74, 6) is -0.949. The van der Waals surface area contributed by atoms with Gasteiger partial charge in [0.25, 0.3) is 0 Å². The zero-order chi connectivity index (χ0) is 20.4. The highest BCUT2D eigenvalue weighted by molar-refractivity contribution is 6.05. The van der Waals surface area contributed by atoms with Crippen LogP contribution in [0.4, 0.5) is 16.2 Å². The number of imide groups is 1. The van der Waals surface area contributed by atoms with Crippen molar-refractivity contribution in [3.8, 4) is 0 Å². The Balaban J connectivity index is 1.24. The van der Waals surface area contributed by atoms with Crippen LogP contribution in [0.2, 0.25) is 0 Å².